The Hall–Kier alpha value is -3.19. The number of carbonyl (C=O) groups is 2. The van der Waals surface area contributed by atoms with Gasteiger partial charge in [-0.25, -0.2) is 23.3 Å². The van der Waals surface area contributed by atoms with Gasteiger partial charge in [0.1, 0.15) is 24.2 Å². The highest BCUT2D eigenvalue weighted by Gasteiger charge is 2.35. The molecule has 178 valence electrons. The van der Waals surface area contributed by atoms with E-state index in [0.717, 1.165) is 7.05 Å². The smallest absolute Gasteiger partial charge is 0.431 e. The summed E-state index contributed by atoms with van der Waals surface area (Å²) in [6, 6.07) is 1.34. The van der Waals surface area contributed by atoms with Crippen molar-refractivity contribution in [1.29, 1.82) is 0 Å². The molecule has 1 aromatic carbocycles. The fraction of sp³-hybridized carbons (Fsp3) is 0.368. The molecule has 1 saturated heterocycles. The van der Waals surface area contributed by atoms with Gasteiger partial charge in [0.25, 0.3) is 5.56 Å². The molecular formula is C19H15ClF4N2O7. The Kier molecular flexibility index (Phi) is 6.65. The van der Waals surface area contributed by atoms with Crippen molar-refractivity contribution in [2.75, 3.05) is 13.2 Å². The molecule has 0 N–H and O–H groups in total. The lowest BCUT2D eigenvalue weighted by molar-refractivity contribution is -0.153. The van der Waals surface area contributed by atoms with Crippen molar-refractivity contribution in [3.05, 3.63) is 61.1 Å². The van der Waals surface area contributed by atoms with E-state index in [0.29, 0.717) is 18.7 Å². The molecule has 0 amide bonds. The second-order valence-corrected chi connectivity index (χ2v) is 7.37. The molecule has 0 aliphatic carbocycles. The number of esters is 2. The summed E-state index contributed by atoms with van der Waals surface area (Å²) in [5.41, 5.74) is -5.95. The Bertz CT molecular complexity index is 1230. The highest BCUT2D eigenvalue weighted by Crippen LogP contribution is 2.28. The fourth-order valence-corrected chi connectivity index (χ4v) is 2.94. The molecule has 9 nitrogen and oxygen atoms in total. The van der Waals surface area contributed by atoms with Crippen LogP contribution in [0.15, 0.2) is 27.8 Å². The highest BCUT2D eigenvalue weighted by atomic mass is 35.5. The zero-order valence-electron chi connectivity index (χ0n) is 16.9. The predicted octanol–water partition coefficient (Wildman–Crippen LogP) is 1.83. The molecule has 2 atom stereocenters. The summed E-state index contributed by atoms with van der Waals surface area (Å²) in [4.78, 5) is 49.0. The van der Waals surface area contributed by atoms with Gasteiger partial charge in [-0.2, -0.15) is 13.2 Å². The number of halogens is 5. The van der Waals surface area contributed by atoms with Gasteiger partial charge in [-0.05, 0) is 19.1 Å². The Labute approximate surface area is 187 Å². The van der Waals surface area contributed by atoms with Crippen LogP contribution < -0.4 is 11.2 Å². The lowest BCUT2D eigenvalue weighted by atomic mass is 10.2. The van der Waals surface area contributed by atoms with Crippen LogP contribution in [0.25, 0.3) is 5.69 Å². The number of benzene rings is 1. The molecular weight excluding hydrogens is 480 g/mol. The van der Waals surface area contributed by atoms with Crippen LogP contribution in [0.4, 0.5) is 17.6 Å². The Morgan fingerprint density at radius 2 is 1.91 bits per heavy atom. The lowest BCUT2D eigenvalue weighted by Crippen LogP contribution is -2.41. The molecule has 0 bridgehead atoms. The van der Waals surface area contributed by atoms with E-state index < -0.39 is 63.3 Å². The number of ether oxygens (including phenoxy) is 3. The first kappa shape index (κ1) is 24.5. The monoisotopic (exact) mass is 494 g/mol. The van der Waals surface area contributed by atoms with Crippen LogP contribution in [-0.2, 0) is 32.2 Å². The summed E-state index contributed by atoms with van der Waals surface area (Å²) in [6.07, 6.45) is -6.64. The third-order valence-corrected chi connectivity index (χ3v) is 4.85. The van der Waals surface area contributed by atoms with Crippen molar-refractivity contribution >= 4 is 23.5 Å². The second kappa shape index (κ2) is 8.98. The zero-order valence-corrected chi connectivity index (χ0v) is 17.7. The van der Waals surface area contributed by atoms with Gasteiger partial charge in [0.15, 0.2) is 6.10 Å². The second-order valence-electron chi connectivity index (χ2n) is 6.96. The van der Waals surface area contributed by atoms with Gasteiger partial charge in [0.05, 0.1) is 22.9 Å². The maximum atomic E-state index is 14.5. The quantitative estimate of drug-likeness (QED) is 0.342. The summed E-state index contributed by atoms with van der Waals surface area (Å²) in [5, 5.41) is -0.495. The summed E-state index contributed by atoms with van der Waals surface area (Å²) >= 11 is 5.86. The van der Waals surface area contributed by atoms with Crippen LogP contribution in [-0.4, -0.2) is 46.5 Å². The fourth-order valence-electron chi connectivity index (χ4n) is 2.71. The average molecular weight is 495 g/mol. The predicted molar refractivity (Wildman–Crippen MR) is 103 cm³/mol. The summed E-state index contributed by atoms with van der Waals surface area (Å²) in [7, 11) is 0.740. The number of hydrogen-bond donors (Lipinski definition) is 0. The van der Waals surface area contributed by atoms with Gasteiger partial charge in [-0.3, -0.25) is 9.36 Å². The molecule has 0 radical (unpaired) electrons. The van der Waals surface area contributed by atoms with E-state index in [4.69, 9.17) is 25.8 Å². The zero-order chi connectivity index (χ0) is 24.7. The molecule has 3 rings (SSSR count). The molecule has 33 heavy (non-hydrogen) atoms. The minimum atomic E-state index is -5.02. The Balaban J connectivity index is 1.96. The molecule has 14 heteroatoms. The van der Waals surface area contributed by atoms with E-state index in [1.807, 2.05) is 0 Å². The molecule has 0 unspecified atom stereocenters. The molecule has 2 heterocycles. The number of hydrogen-bond acceptors (Lipinski definition) is 7. The lowest BCUT2D eigenvalue weighted by Gasteiger charge is -2.16. The van der Waals surface area contributed by atoms with Gasteiger partial charge in [0, 0.05) is 13.1 Å². The standard InChI is InChI=1S/C19H15ClF4N2O7/c1-8(16(28)32-7-9-6-31-9)33-17(29)10-3-13(12(21)4-11(10)20)26-15(27)5-14(19(22,23)24)25(2)18(26)30/h3-5,8-9H,6-7H2,1-2H3/t8-,9+/m1/s1. The molecule has 1 fully saturated rings. The van der Waals surface area contributed by atoms with Crippen molar-refractivity contribution in [2.45, 2.75) is 25.3 Å². The minimum Gasteiger partial charge on any atom is -0.460 e. The van der Waals surface area contributed by atoms with Crippen LogP contribution in [0, 0.1) is 5.82 Å². The number of aromatic nitrogens is 2. The number of nitrogens with zero attached hydrogens (tertiary/aromatic N) is 2. The van der Waals surface area contributed by atoms with Crippen molar-refractivity contribution in [3.63, 3.8) is 0 Å². The third kappa shape index (κ3) is 5.25. The van der Waals surface area contributed by atoms with Crippen LogP contribution in [0.5, 0.6) is 0 Å². The molecule has 1 aliphatic heterocycles. The van der Waals surface area contributed by atoms with Gasteiger partial charge in [0.2, 0.25) is 0 Å². The molecule has 1 aromatic heterocycles. The van der Waals surface area contributed by atoms with Crippen LogP contribution in [0.1, 0.15) is 23.0 Å². The first-order chi connectivity index (χ1) is 15.3. The molecule has 1 aliphatic rings. The van der Waals surface area contributed by atoms with E-state index in [-0.39, 0.29) is 27.9 Å². The average Bonchev–Trinajstić information content (AvgIpc) is 3.53. The van der Waals surface area contributed by atoms with Crippen molar-refractivity contribution in [1.82, 2.24) is 9.13 Å². The van der Waals surface area contributed by atoms with Gasteiger partial charge >= 0.3 is 23.8 Å². The summed E-state index contributed by atoms with van der Waals surface area (Å²) in [6.45, 7) is 1.59. The third-order valence-electron chi connectivity index (χ3n) is 4.54. The van der Waals surface area contributed by atoms with Crippen molar-refractivity contribution in [3.8, 4) is 5.69 Å². The van der Waals surface area contributed by atoms with Gasteiger partial charge in [-0.15, -0.1) is 0 Å². The van der Waals surface area contributed by atoms with Crippen LogP contribution in [0.2, 0.25) is 5.02 Å². The minimum absolute atomic E-state index is 0.0394. The summed E-state index contributed by atoms with van der Waals surface area (Å²) in [5.74, 6) is -3.40. The van der Waals surface area contributed by atoms with E-state index in [1.54, 1.807) is 0 Å². The van der Waals surface area contributed by atoms with Crippen molar-refractivity contribution in [2.24, 2.45) is 7.05 Å². The van der Waals surface area contributed by atoms with Crippen molar-refractivity contribution < 1.29 is 41.4 Å². The Morgan fingerprint density at radius 1 is 1.27 bits per heavy atom. The molecule has 0 saturated carbocycles. The Morgan fingerprint density at radius 3 is 2.48 bits per heavy atom. The number of carbonyl (C=O) groups excluding carboxylic acids is 2. The van der Waals surface area contributed by atoms with Gasteiger partial charge < -0.3 is 14.2 Å². The van der Waals surface area contributed by atoms with E-state index in [1.165, 1.54) is 6.92 Å². The number of epoxide rings is 1. The normalized spacial score (nSPS) is 16.3. The van der Waals surface area contributed by atoms with E-state index in [9.17, 15) is 36.7 Å². The SMILES string of the molecule is C[C@@H](OC(=O)c1cc(-n2c(=O)cc(C(F)(F)F)n(C)c2=O)c(F)cc1Cl)C(=O)OC[C@@H]1CO1. The summed E-state index contributed by atoms with van der Waals surface area (Å²) < 4.78 is 68.5. The number of rotatable bonds is 6. The maximum absolute atomic E-state index is 14.5. The van der Waals surface area contributed by atoms with Gasteiger partial charge in [-0.1, -0.05) is 11.6 Å². The molecule has 2 aromatic rings. The largest absolute Gasteiger partial charge is 0.460 e. The van der Waals surface area contributed by atoms with E-state index in [2.05, 4.69) is 0 Å². The molecule has 0 spiro atoms. The topological polar surface area (TPSA) is 109 Å². The van der Waals surface area contributed by atoms with E-state index >= 15 is 0 Å². The maximum Gasteiger partial charge on any atom is 0.431 e. The van der Waals surface area contributed by atoms with Crippen LogP contribution in [0.3, 0.4) is 0 Å². The highest BCUT2D eigenvalue weighted by molar-refractivity contribution is 6.33. The first-order valence-corrected chi connectivity index (χ1v) is 9.58. The number of alkyl halides is 3. The first-order valence-electron chi connectivity index (χ1n) is 9.20. The van der Waals surface area contributed by atoms with Crippen LogP contribution >= 0.6 is 11.6 Å².